The standard InChI is InChI=1S/C11H21N3O2S2/c1-8(2)12-7-5-6-10-13-14-11(17-10)9(3)18(4,15)16/h8-9,12H,5-7H2,1-4H3. The quantitative estimate of drug-likeness (QED) is 0.772. The second kappa shape index (κ2) is 6.58. The summed E-state index contributed by atoms with van der Waals surface area (Å²) < 4.78 is 22.8. The molecule has 7 heteroatoms. The van der Waals surface area contributed by atoms with Gasteiger partial charge in [-0.1, -0.05) is 13.8 Å². The topological polar surface area (TPSA) is 72.0 Å². The predicted molar refractivity (Wildman–Crippen MR) is 74.6 cm³/mol. The van der Waals surface area contributed by atoms with Crippen LogP contribution in [0.3, 0.4) is 0 Å². The van der Waals surface area contributed by atoms with Crippen molar-refractivity contribution in [3.63, 3.8) is 0 Å². The highest BCUT2D eigenvalue weighted by atomic mass is 32.2. The SMILES string of the molecule is CC(C)NCCCc1nnc(C(C)S(C)(=O)=O)s1. The van der Waals surface area contributed by atoms with Gasteiger partial charge in [0, 0.05) is 18.7 Å². The summed E-state index contributed by atoms with van der Waals surface area (Å²) >= 11 is 1.40. The first-order valence-electron chi connectivity index (χ1n) is 6.05. The molecular weight excluding hydrogens is 270 g/mol. The lowest BCUT2D eigenvalue weighted by molar-refractivity contribution is 0.569. The Balaban J connectivity index is 2.49. The van der Waals surface area contributed by atoms with E-state index in [9.17, 15) is 8.42 Å². The summed E-state index contributed by atoms with van der Waals surface area (Å²) in [6.07, 6.45) is 3.05. The summed E-state index contributed by atoms with van der Waals surface area (Å²) in [6, 6.07) is 0.486. The number of rotatable bonds is 7. The van der Waals surface area contributed by atoms with Crippen LogP contribution in [-0.2, 0) is 16.3 Å². The molecule has 0 aromatic carbocycles. The zero-order chi connectivity index (χ0) is 13.8. The van der Waals surface area contributed by atoms with Crippen LogP contribution < -0.4 is 5.32 Å². The first kappa shape index (κ1) is 15.5. The minimum absolute atomic E-state index is 0.486. The Morgan fingerprint density at radius 3 is 2.50 bits per heavy atom. The molecule has 0 aliphatic rings. The van der Waals surface area contributed by atoms with E-state index in [1.807, 2.05) is 0 Å². The molecule has 1 aromatic rings. The molecule has 0 aliphatic heterocycles. The van der Waals surface area contributed by atoms with Gasteiger partial charge in [0.15, 0.2) is 9.84 Å². The van der Waals surface area contributed by atoms with E-state index in [2.05, 4.69) is 29.4 Å². The van der Waals surface area contributed by atoms with Crippen LogP contribution in [0.2, 0.25) is 0 Å². The molecule has 1 aromatic heterocycles. The monoisotopic (exact) mass is 291 g/mol. The Kier molecular flexibility index (Phi) is 5.68. The van der Waals surface area contributed by atoms with E-state index in [-0.39, 0.29) is 0 Å². The third-order valence-electron chi connectivity index (χ3n) is 2.59. The molecule has 1 unspecified atom stereocenters. The molecule has 0 radical (unpaired) electrons. The van der Waals surface area contributed by atoms with Crippen molar-refractivity contribution >= 4 is 21.2 Å². The maximum absolute atomic E-state index is 11.4. The van der Waals surface area contributed by atoms with E-state index in [1.54, 1.807) is 6.92 Å². The zero-order valence-corrected chi connectivity index (χ0v) is 12.9. The molecule has 1 atom stereocenters. The van der Waals surface area contributed by atoms with Gasteiger partial charge in [0.05, 0.1) is 0 Å². The van der Waals surface area contributed by atoms with Crippen molar-refractivity contribution < 1.29 is 8.42 Å². The first-order chi connectivity index (χ1) is 8.30. The normalized spacial score (nSPS) is 14.1. The van der Waals surface area contributed by atoms with Gasteiger partial charge in [-0.2, -0.15) is 0 Å². The Morgan fingerprint density at radius 1 is 1.28 bits per heavy atom. The van der Waals surface area contributed by atoms with Crippen molar-refractivity contribution in [2.75, 3.05) is 12.8 Å². The lowest BCUT2D eigenvalue weighted by atomic mass is 10.3. The van der Waals surface area contributed by atoms with Crippen LogP contribution in [0.25, 0.3) is 0 Å². The average Bonchev–Trinajstić information content (AvgIpc) is 2.70. The van der Waals surface area contributed by atoms with Crippen molar-refractivity contribution in [3.8, 4) is 0 Å². The van der Waals surface area contributed by atoms with E-state index in [4.69, 9.17) is 0 Å². The number of nitrogens with one attached hydrogen (secondary N) is 1. The van der Waals surface area contributed by atoms with E-state index in [0.717, 1.165) is 24.4 Å². The summed E-state index contributed by atoms with van der Waals surface area (Å²) in [6.45, 7) is 6.81. The summed E-state index contributed by atoms with van der Waals surface area (Å²) in [5, 5.41) is 12.3. The van der Waals surface area contributed by atoms with Crippen LogP contribution in [0.1, 0.15) is 42.5 Å². The highest BCUT2D eigenvalue weighted by Crippen LogP contribution is 2.24. The van der Waals surface area contributed by atoms with Crippen LogP contribution in [0.5, 0.6) is 0 Å². The molecule has 0 saturated heterocycles. The Morgan fingerprint density at radius 2 is 1.94 bits per heavy atom. The molecule has 1 rings (SSSR count). The molecule has 18 heavy (non-hydrogen) atoms. The third-order valence-corrected chi connectivity index (χ3v) is 5.42. The van der Waals surface area contributed by atoms with Gasteiger partial charge in [0.1, 0.15) is 15.3 Å². The molecular formula is C11H21N3O2S2. The molecule has 5 nitrogen and oxygen atoms in total. The molecule has 1 N–H and O–H groups in total. The Hall–Kier alpha value is -0.530. The number of aromatic nitrogens is 2. The van der Waals surface area contributed by atoms with Crippen LogP contribution in [0, 0.1) is 0 Å². The maximum atomic E-state index is 11.4. The van der Waals surface area contributed by atoms with Crippen molar-refractivity contribution in [2.45, 2.75) is 44.9 Å². The Labute approximate surface area is 113 Å². The van der Waals surface area contributed by atoms with Gasteiger partial charge in [-0.15, -0.1) is 21.5 Å². The summed E-state index contributed by atoms with van der Waals surface area (Å²) in [5.41, 5.74) is 0. The van der Waals surface area contributed by atoms with E-state index in [1.165, 1.54) is 17.6 Å². The van der Waals surface area contributed by atoms with Crippen molar-refractivity contribution in [2.24, 2.45) is 0 Å². The van der Waals surface area contributed by atoms with Gasteiger partial charge in [0.25, 0.3) is 0 Å². The van der Waals surface area contributed by atoms with E-state index < -0.39 is 15.1 Å². The predicted octanol–water partition coefficient (Wildman–Crippen LogP) is 1.57. The fourth-order valence-electron chi connectivity index (χ4n) is 1.35. The fourth-order valence-corrected chi connectivity index (χ4v) is 3.24. The Bertz CT molecular complexity index is 468. The third kappa shape index (κ3) is 4.99. The van der Waals surface area contributed by atoms with Gasteiger partial charge in [0.2, 0.25) is 0 Å². The lowest BCUT2D eigenvalue weighted by Gasteiger charge is -2.06. The van der Waals surface area contributed by atoms with Crippen LogP contribution in [0.15, 0.2) is 0 Å². The molecule has 0 amide bonds. The number of hydrogen-bond acceptors (Lipinski definition) is 6. The molecule has 1 heterocycles. The van der Waals surface area contributed by atoms with Gasteiger partial charge >= 0.3 is 0 Å². The van der Waals surface area contributed by atoms with Gasteiger partial charge in [-0.05, 0) is 19.9 Å². The lowest BCUT2D eigenvalue weighted by Crippen LogP contribution is -2.23. The zero-order valence-electron chi connectivity index (χ0n) is 11.3. The molecule has 0 fully saturated rings. The fraction of sp³-hybridized carbons (Fsp3) is 0.818. The summed E-state index contributed by atoms with van der Waals surface area (Å²) in [4.78, 5) is 0. The molecule has 0 aliphatic carbocycles. The minimum atomic E-state index is -3.08. The summed E-state index contributed by atoms with van der Waals surface area (Å²) in [7, 11) is -3.08. The van der Waals surface area contributed by atoms with Gasteiger partial charge in [-0.25, -0.2) is 8.42 Å². The van der Waals surface area contributed by atoms with Crippen molar-refractivity contribution in [1.29, 1.82) is 0 Å². The molecule has 0 spiro atoms. The number of hydrogen-bond donors (Lipinski definition) is 1. The highest BCUT2D eigenvalue weighted by Gasteiger charge is 2.21. The molecule has 104 valence electrons. The van der Waals surface area contributed by atoms with Crippen LogP contribution in [0.4, 0.5) is 0 Å². The number of sulfone groups is 1. The number of nitrogens with zero attached hydrogens (tertiary/aromatic N) is 2. The second-order valence-corrected chi connectivity index (χ2v) is 8.18. The minimum Gasteiger partial charge on any atom is -0.315 e. The van der Waals surface area contributed by atoms with Crippen LogP contribution >= 0.6 is 11.3 Å². The highest BCUT2D eigenvalue weighted by molar-refractivity contribution is 7.91. The largest absolute Gasteiger partial charge is 0.315 e. The number of aryl methyl sites for hydroxylation is 1. The molecule has 0 bridgehead atoms. The van der Waals surface area contributed by atoms with Gasteiger partial charge in [-0.3, -0.25) is 0 Å². The summed E-state index contributed by atoms with van der Waals surface area (Å²) in [5.74, 6) is 0. The van der Waals surface area contributed by atoms with E-state index in [0.29, 0.717) is 11.0 Å². The smallest absolute Gasteiger partial charge is 0.156 e. The second-order valence-electron chi connectivity index (χ2n) is 4.72. The van der Waals surface area contributed by atoms with Crippen LogP contribution in [-0.4, -0.2) is 37.5 Å². The first-order valence-corrected chi connectivity index (χ1v) is 8.82. The van der Waals surface area contributed by atoms with E-state index >= 15 is 0 Å². The molecule has 0 saturated carbocycles. The maximum Gasteiger partial charge on any atom is 0.156 e. The van der Waals surface area contributed by atoms with Crippen molar-refractivity contribution in [3.05, 3.63) is 10.0 Å². The van der Waals surface area contributed by atoms with Gasteiger partial charge < -0.3 is 5.32 Å². The van der Waals surface area contributed by atoms with Crippen molar-refractivity contribution in [1.82, 2.24) is 15.5 Å². The average molecular weight is 291 g/mol.